The summed E-state index contributed by atoms with van der Waals surface area (Å²) >= 11 is 0. The fourth-order valence-electron chi connectivity index (χ4n) is 5.14. The summed E-state index contributed by atoms with van der Waals surface area (Å²) < 4.78 is 24.4. The summed E-state index contributed by atoms with van der Waals surface area (Å²) in [7, 11) is 3.16. The van der Waals surface area contributed by atoms with Crippen LogP contribution in [-0.4, -0.2) is 52.6 Å². The van der Waals surface area contributed by atoms with Crippen LogP contribution < -0.4 is 20.7 Å². The first-order valence-electron chi connectivity index (χ1n) is 13.1. The van der Waals surface area contributed by atoms with Crippen molar-refractivity contribution in [1.29, 1.82) is 0 Å². The Morgan fingerprint density at radius 2 is 1.50 bits per heavy atom. The number of ether oxygens (including phenoxy) is 4. The molecule has 0 saturated carbocycles. The number of nitro groups is 1. The van der Waals surface area contributed by atoms with E-state index in [0.717, 1.165) is 27.5 Å². The molecule has 3 aromatic carbocycles. The van der Waals surface area contributed by atoms with E-state index in [1.54, 1.807) is 14.2 Å². The Morgan fingerprint density at radius 1 is 0.952 bits per heavy atom. The Kier molecular flexibility index (Phi) is 8.20. The summed E-state index contributed by atoms with van der Waals surface area (Å²) in [6.07, 6.45) is -2.28. The predicted octanol–water partition coefficient (Wildman–Crippen LogP) is 3.12. The van der Waals surface area contributed by atoms with Crippen LogP contribution in [0.3, 0.4) is 0 Å². The van der Waals surface area contributed by atoms with Crippen LogP contribution in [0.15, 0.2) is 94.6 Å². The molecule has 0 spiro atoms. The van der Waals surface area contributed by atoms with E-state index in [-0.39, 0.29) is 13.0 Å². The molecule has 1 aromatic heterocycles. The zero-order valence-electron chi connectivity index (χ0n) is 22.8. The summed E-state index contributed by atoms with van der Waals surface area (Å²) in [4.78, 5) is 36.6. The number of H-pyrrole nitrogens is 1. The van der Waals surface area contributed by atoms with Gasteiger partial charge < -0.3 is 24.1 Å². The lowest BCUT2D eigenvalue weighted by molar-refractivity contribution is -0.387. The highest BCUT2D eigenvalue weighted by molar-refractivity contribution is 5.49. The number of nitrogens with zero attached hydrogens (tertiary/aromatic N) is 2. The minimum absolute atomic E-state index is 0.0550. The van der Waals surface area contributed by atoms with Crippen molar-refractivity contribution in [2.24, 2.45) is 0 Å². The van der Waals surface area contributed by atoms with Gasteiger partial charge in [0, 0.05) is 6.42 Å². The van der Waals surface area contributed by atoms with Crippen molar-refractivity contribution in [3.8, 4) is 11.5 Å². The third-order valence-corrected chi connectivity index (χ3v) is 7.30. The monoisotopic (exact) mass is 575 g/mol. The van der Waals surface area contributed by atoms with E-state index in [1.807, 2.05) is 83.8 Å². The molecule has 0 unspecified atom stereocenters. The average molecular weight is 576 g/mol. The minimum atomic E-state index is -1.17. The summed E-state index contributed by atoms with van der Waals surface area (Å²) in [6, 6.07) is 24.4. The van der Waals surface area contributed by atoms with E-state index < -0.39 is 45.9 Å². The molecule has 12 nitrogen and oxygen atoms in total. The number of aliphatic hydroxyl groups is 1. The molecular weight excluding hydrogens is 546 g/mol. The molecule has 5 rings (SSSR count). The summed E-state index contributed by atoms with van der Waals surface area (Å²) in [5.74, 6) is 1.32. The molecule has 0 bridgehead atoms. The second-order valence-corrected chi connectivity index (χ2v) is 9.69. The molecule has 0 amide bonds. The van der Waals surface area contributed by atoms with Crippen LogP contribution in [0.1, 0.15) is 29.3 Å². The normalized spacial score (nSPS) is 18.5. The van der Waals surface area contributed by atoms with Crippen LogP contribution in [-0.2, 0) is 15.1 Å². The Balaban J connectivity index is 1.53. The maximum absolute atomic E-state index is 12.5. The van der Waals surface area contributed by atoms with E-state index >= 15 is 0 Å². The predicted molar refractivity (Wildman–Crippen MR) is 151 cm³/mol. The van der Waals surface area contributed by atoms with Crippen molar-refractivity contribution < 1.29 is 29.0 Å². The van der Waals surface area contributed by atoms with Crippen LogP contribution in [0, 0.1) is 10.1 Å². The number of benzene rings is 3. The Morgan fingerprint density at radius 3 is 2.02 bits per heavy atom. The smallest absolute Gasteiger partial charge is 0.350 e. The van der Waals surface area contributed by atoms with Gasteiger partial charge in [-0.25, -0.2) is 4.79 Å². The van der Waals surface area contributed by atoms with Crippen molar-refractivity contribution in [3.05, 3.63) is 133 Å². The Labute approximate surface area is 239 Å². The van der Waals surface area contributed by atoms with Gasteiger partial charge in [-0.2, -0.15) is 0 Å². The molecule has 3 atom stereocenters. The zero-order chi connectivity index (χ0) is 29.9. The van der Waals surface area contributed by atoms with Gasteiger partial charge >= 0.3 is 16.9 Å². The van der Waals surface area contributed by atoms with E-state index in [2.05, 4.69) is 0 Å². The van der Waals surface area contributed by atoms with Gasteiger partial charge in [0.15, 0.2) is 0 Å². The highest BCUT2D eigenvalue weighted by Crippen LogP contribution is 2.42. The number of aromatic nitrogens is 2. The number of rotatable bonds is 10. The summed E-state index contributed by atoms with van der Waals surface area (Å²) in [6.45, 7) is -0.120. The fraction of sp³-hybridized carbons (Fsp3) is 0.267. The van der Waals surface area contributed by atoms with E-state index in [0.29, 0.717) is 11.5 Å². The van der Waals surface area contributed by atoms with Gasteiger partial charge in [0.1, 0.15) is 29.4 Å². The zero-order valence-corrected chi connectivity index (χ0v) is 22.8. The number of hydrogen-bond donors (Lipinski definition) is 2. The molecule has 2 heterocycles. The number of nitrogens with one attached hydrogen (secondary N) is 1. The second-order valence-electron chi connectivity index (χ2n) is 9.69. The number of hydrogen-bond acceptors (Lipinski definition) is 9. The molecule has 12 heteroatoms. The van der Waals surface area contributed by atoms with Gasteiger partial charge in [0.25, 0.3) is 0 Å². The molecule has 1 aliphatic rings. The van der Waals surface area contributed by atoms with Gasteiger partial charge in [0.2, 0.25) is 0 Å². The molecule has 0 aliphatic carbocycles. The number of methoxy groups -OCH3 is 2. The lowest BCUT2D eigenvalue weighted by Gasteiger charge is -2.37. The number of aromatic amines is 1. The van der Waals surface area contributed by atoms with Crippen LogP contribution >= 0.6 is 0 Å². The van der Waals surface area contributed by atoms with Crippen molar-refractivity contribution in [2.75, 3.05) is 20.8 Å². The Hall–Kier alpha value is -4.78. The first-order chi connectivity index (χ1) is 20.3. The Bertz CT molecular complexity index is 1600. The highest BCUT2D eigenvalue weighted by Gasteiger charge is 2.42. The summed E-state index contributed by atoms with van der Waals surface area (Å²) in [5.41, 5.74) is -1.64. The first kappa shape index (κ1) is 28.7. The standard InChI is InChI=1S/C30H29N3O9/c1-39-22-12-8-20(9-13-22)30(19-6-4-3-5-7-19,21-10-14-23(40-2)15-11-21)41-18-26-25(34)16-27(42-26)32-17-24(33(37)38)28(35)31-29(32)36/h3-15,17,25-27,34H,16,18H2,1-2H3,(H,31,35,36)/t25-,26+,27-/m0/s1. The quantitative estimate of drug-likeness (QED) is 0.165. The maximum atomic E-state index is 12.5. The SMILES string of the molecule is COc1ccc(C(OC[C@H]2O[C@H](n3cc([N+](=O)[O-])c(=O)[nH]c3=O)C[C@@H]2O)(c2ccccc2)c2ccc(OC)cc2)cc1. The van der Waals surface area contributed by atoms with Crippen LogP contribution in [0.5, 0.6) is 11.5 Å². The molecule has 4 aromatic rings. The van der Waals surface area contributed by atoms with Crippen LogP contribution in [0.4, 0.5) is 5.69 Å². The lowest BCUT2D eigenvalue weighted by atomic mass is 9.80. The molecule has 1 fully saturated rings. The van der Waals surface area contributed by atoms with Crippen molar-refractivity contribution in [3.63, 3.8) is 0 Å². The molecule has 1 saturated heterocycles. The molecule has 42 heavy (non-hydrogen) atoms. The topological polar surface area (TPSA) is 155 Å². The maximum Gasteiger partial charge on any atom is 0.350 e. The van der Waals surface area contributed by atoms with Crippen molar-refractivity contribution in [2.45, 2.75) is 30.5 Å². The van der Waals surface area contributed by atoms with Gasteiger partial charge in [0.05, 0.1) is 38.1 Å². The van der Waals surface area contributed by atoms with E-state index in [1.165, 1.54) is 0 Å². The third-order valence-electron chi connectivity index (χ3n) is 7.30. The van der Waals surface area contributed by atoms with Gasteiger partial charge in [-0.05, 0) is 41.0 Å². The van der Waals surface area contributed by atoms with E-state index in [9.17, 15) is 24.8 Å². The summed E-state index contributed by atoms with van der Waals surface area (Å²) in [5, 5.41) is 22.2. The minimum Gasteiger partial charge on any atom is -0.497 e. The fourth-order valence-corrected chi connectivity index (χ4v) is 5.14. The number of aliphatic hydroxyl groups excluding tert-OH is 1. The highest BCUT2D eigenvalue weighted by atomic mass is 16.6. The average Bonchev–Trinajstić information content (AvgIpc) is 3.38. The van der Waals surface area contributed by atoms with Crippen LogP contribution in [0.25, 0.3) is 0 Å². The van der Waals surface area contributed by atoms with Gasteiger partial charge in [-0.3, -0.25) is 24.5 Å². The molecule has 218 valence electrons. The van der Waals surface area contributed by atoms with Crippen molar-refractivity contribution in [1.82, 2.24) is 9.55 Å². The molecule has 2 N–H and O–H groups in total. The molecule has 0 radical (unpaired) electrons. The largest absolute Gasteiger partial charge is 0.497 e. The van der Waals surface area contributed by atoms with Gasteiger partial charge in [-0.15, -0.1) is 0 Å². The first-order valence-corrected chi connectivity index (χ1v) is 13.1. The molecular formula is C30H29N3O9. The lowest BCUT2D eigenvalue weighted by Crippen LogP contribution is -2.38. The molecule has 1 aliphatic heterocycles. The van der Waals surface area contributed by atoms with E-state index in [4.69, 9.17) is 18.9 Å². The van der Waals surface area contributed by atoms with Gasteiger partial charge in [-0.1, -0.05) is 54.6 Å². The third kappa shape index (κ3) is 5.42. The second kappa shape index (κ2) is 12.0. The van der Waals surface area contributed by atoms with Crippen LogP contribution in [0.2, 0.25) is 0 Å². The van der Waals surface area contributed by atoms with Crippen molar-refractivity contribution >= 4 is 5.69 Å².